The van der Waals surface area contributed by atoms with Crippen LogP contribution in [0.2, 0.25) is 5.02 Å². The fourth-order valence-electron chi connectivity index (χ4n) is 1.41. The van der Waals surface area contributed by atoms with E-state index in [0.717, 1.165) is 26.0 Å². The third-order valence-electron chi connectivity index (χ3n) is 2.12. The Balaban J connectivity index is 2.68. The van der Waals surface area contributed by atoms with Crippen molar-refractivity contribution in [3.8, 4) is 0 Å². The SMILES string of the molecule is CC1=C=C(N)c2cc(C)c(Cl)cc2S1. The summed E-state index contributed by atoms with van der Waals surface area (Å²) in [7, 11) is 0. The minimum Gasteiger partial charge on any atom is -0.392 e. The van der Waals surface area contributed by atoms with Gasteiger partial charge >= 0.3 is 0 Å². The number of fused-ring (bicyclic) bond motifs is 1. The number of halogens is 1. The molecule has 0 saturated heterocycles. The van der Waals surface area contributed by atoms with Gasteiger partial charge in [-0.2, -0.15) is 0 Å². The maximum atomic E-state index is 6.05. The van der Waals surface area contributed by atoms with Crippen LogP contribution in [0.25, 0.3) is 5.70 Å². The molecule has 0 fully saturated rings. The number of hydrogen-bond acceptors (Lipinski definition) is 2. The molecule has 0 aliphatic carbocycles. The van der Waals surface area contributed by atoms with Crippen molar-refractivity contribution in [2.24, 2.45) is 5.73 Å². The molecule has 3 heteroatoms. The van der Waals surface area contributed by atoms with Gasteiger partial charge in [0.2, 0.25) is 0 Å². The van der Waals surface area contributed by atoms with Crippen LogP contribution in [0.5, 0.6) is 0 Å². The van der Waals surface area contributed by atoms with E-state index in [1.165, 1.54) is 0 Å². The monoisotopic (exact) mass is 223 g/mol. The van der Waals surface area contributed by atoms with Gasteiger partial charge < -0.3 is 5.73 Å². The Bertz CT molecular complexity index is 470. The van der Waals surface area contributed by atoms with Gasteiger partial charge in [-0.3, -0.25) is 0 Å². The zero-order chi connectivity index (χ0) is 10.3. The number of aryl methyl sites for hydroxylation is 1. The lowest BCUT2D eigenvalue weighted by Crippen LogP contribution is -2.00. The van der Waals surface area contributed by atoms with E-state index < -0.39 is 0 Å². The highest BCUT2D eigenvalue weighted by molar-refractivity contribution is 8.03. The van der Waals surface area contributed by atoms with Crippen LogP contribution in [0.1, 0.15) is 18.1 Å². The summed E-state index contributed by atoms with van der Waals surface area (Å²) in [6.45, 7) is 3.97. The standard InChI is InChI=1S/C11H10ClNS/c1-6-3-8-10(13)4-7(2)14-11(8)5-9(6)12/h3,5H,13H2,1-2H3. The van der Waals surface area contributed by atoms with E-state index in [9.17, 15) is 0 Å². The summed E-state index contributed by atoms with van der Waals surface area (Å²) in [5.41, 5.74) is 11.8. The summed E-state index contributed by atoms with van der Waals surface area (Å²) in [4.78, 5) is 2.20. The van der Waals surface area contributed by atoms with Crippen molar-refractivity contribution in [1.82, 2.24) is 0 Å². The van der Waals surface area contributed by atoms with Crippen molar-refractivity contribution in [2.45, 2.75) is 18.7 Å². The average Bonchev–Trinajstić information content (AvgIpc) is 2.08. The van der Waals surface area contributed by atoms with Gasteiger partial charge in [0, 0.05) is 20.4 Å². The number of rotatable bonds is 0. The minimum absolute atomic E-state index is 0.705. The molecule has 0 aromatic heterocycles. The first kappa shape index (κ1) is 9.72. The second-order valence-electron chi connectivity index (χ2n) is 3.29. The average molecular weight is 224 g/mol. The highest BCUT2D eigenvalue weighted by Crippen LogP contribution is 2.37. The lowest BCUT2D eigenvalue weighted by atomic mass is 10.1. The van der Waals surface area contributed by atoms with Gasteiger partial charge in [0.05, 0.1) is 5.70 Å². The van der Waals surface area contributed by atoms with Crippen LogP contribution in [-0.2, 0) is 0 Å². The van der Waals surface area contributed by atoms with E-state index in [-0.39, 0.29) is 0 Å². The number of allylic oxidation sites excluding steroid dienone is 1. The summed E-state index contributed by atoms with van der Waals surface area (Å²) < 4.78 is 0. The van der Waals surface area contributed by atoms with Crippen molar-refractivity contribution in [3.05, 3.63) is 38.9 Å². The Labute approximate surface area is 92.6 Å². The second kappa shape index (κ2) is 3.39. The van der Waals surface area contributed by atoms with Gasteiger partial charge in [0.15, 0.2) is 0 Å². The molecule has 0 amide bonds. The fraction of sp³-hybridized carbons (Fsp3) is 0.182. The molecule has 72 valence electrons. The molecule has 1 aromatic rings. The second-order valence-corrected chi connectivity index (χ2v) is 4.96. The largest absolute Gasteiger partial charge is 0.392 e. The van der Waals surface area contributed by atoms with Crippen molar-refractivity contribution < 1.29 is 0 Å². The van der Waals surface area contributed by atoms with Gasteiger partial charge in [-0.05, 0) is 31.5 Å². The maximum absolute atomic E-state index is 6.05. The first-order valence-corrected chi connectivity index (χ1v) is 5.49. The minimum atomic E-state index is 0.705. The van der Waals surface area contributed by atoms with Crippen LogP contribution in [0.3, 0.4) is 0 Å². The third-order valence-corrected chi connectivity index (χ3v) is 3.50. The van der Waals surface area contributed by atoms with Crippen LogP contribution < -0.4 is 5.73 Å². The molecular weight excluding hydrogens is 214 g/mol. The predicted octanol–water partition coefficient (Wildman–Crippen LogP) is 3.56. The van der Waals surface area contributed by atoms with Gasteiger partial charge in [0.1, 0.15) is 0 Å². The van der Waals surface area contributed by atoms with Gasteiger partial charge in [-0.25, -0.2) is 0 Å². The van der Waals surface area contributed by atoms with Crippen molar-refractivity contribution in [1.29, 1.82) is 0 Å². The summed E-state index contributed by atoms with van der Waals surface area (Å²) in [5.74, 6) is 0. The molecule has 1 nitrogen and oxygen atoms in total. The van der Waals surface area contributed by atoms with Crippen LogP contribution in [0.4, 0.5) is 0 Å². The predicted molar refractivity (Wildman–Crippen MR) is 62.3 cm³/mol. The van der Waals surface area contributed by atoms with Crippen molar-refractivity contribution in [2.75, 3.05) is 0 Å². The van der Waals surface area contributed by atoms with Crippen molar-refractivity contribution in [3.63, 3.8) is 0 Å². The van der Waals surface area contributed by atoms with E-state index in [4.69, 9.17) is 17.3 Å². The molecule has 1 aliphatic rings. The molecule has 0 bridgehead atoms. The first-order chi connectivity index (χ1) is 6.58. The number of nitrogens with two attached hydrogens (primary N) is 1. The molecule has 2 rings (SSSR count). The summed E-state index contributed by atoms with van der Waals surface area (Å²) in [6.07, 6.45) is 0. The van der Waals surface area contributed by atoms with Crippen molar-refractivity contribution >= 4 is 29.1 Å². The van der Waals surface area contributed by atoms with E-state index in [2.05, 4.69) is 5.73 Å². The molecule has 0 saturated carbocycles. The topological polar surface area (TPSA) is 26.0 Å². The van der Waals surface area contributed by atoms with E-state index >= 15 is 0 Å². The molecule has 0 unspecified atom stereocenters. The van der Waals surface area contributed by atoms with Gasteiger partial charge in [-0.15, -0.1) is 0 Å². The normalized spacial score (nSPS) is 14.5. The Hall–Kier alpha value is -0.820. The van der Waals surface area contributed by atoms with E-state index in [1.807, 2.05) is 26.0 Å². The zero-order valence-corrected chi connectivity index (χ0v) is 9.59. The Kier molecular flexibility index (Phi) is 2.36. The third kappa shape index (κ3) is 1.57. The van der Waals surface area contributed by atoms with E-state index in [0.29, 0.717) is 5.70 Å². The maximum Gasteiger partial charge on any atom is 0.0840 e. The molecule has 1 aliphatic heterocycles. The van der Waals surface area contributed by atoms with Crippen LogP contribution in [0.15, 0.2) is 27.7 Å². The quantitative estimate of drug-likeness (QED) is 0.681. The molecular formula is C11H10ClNS. The summed E-state index contributed by atoms with van der Waals surface area (Å²) in [6, 6.07) is 3.98. The first-order valence-electron chi connectivity index (χ1n) is 4.29. The molecule has 0 radical (unpaired) electrons. The molecule has 2 N–H and O–H groups in total. The highest BCUT2D eigenvalue weighted by atomic mass is 35.5. The van der Waals surface area contributed by atoms with E-state index in [1.54, 1.807) is 11.8 Å². The summed E-state index contributed by atoms with van der Waals surface area (Å²) in [5, 5.41) is 0.791. The summed E-state index contributed by atoms with van der Waals surface area (Å²) >= 11 is 7.71. The smallest absolute Gasteiger partial charge is 0.0840 e. The number of thioether (sulfide) groups is 1. The lowest BCUT2D eigenvalue weighted by molar-refractivity contribution is 1.31. The van der Waals surface area contributed by atoms with Crippen LogP contribution in [0, 0.1) is 6.92 Å². The Morgan fingerprint density at radius 1 is 1.36 bits per heavy atom. The molecule has 1 aromatic carbocycles. The molecule has 14 heavy (non-hydrogen) atoms. The fourth-order valence-corrected chi connectivity index (χ4v) is 2.58. The van der Waals surface area contributed by atoms with Gasteiger partial charge in [0.25, 0.3) is 0 Å². The van der Waals surface area contributed by atoms with Gasteiger partial charge in [-0.1, -0.05) is 29.1 Å². The molecule has 0 atom stereocenters. The Morgan fingerprint density at radius 2 is 2.07 bits per heavy atom. The molecule has 0 spiro atoms. The highest BCUT2D eigenvalue weighted by Gasteiger charge is 2.13. The molecule has 1 heterocycles. The number of hydrogen-bond donors (Lipinski definition) is 1. The number of benzene rings is 1. The zero-order valence-electron chi connectivity index (χ0n) is 8.02. The van der Waals surface area contributed by atoms with Crippen LogP contribution >= 0.6 is 23.4 Å². The lowest BCUT2D eigenvalue weighted by Gasteiger charge is -2.14. The van der Waals surface area contributed by atoms with Crippen LogP contribution in [-0.4, -0.2) is 0 Å². The Morgan fingerprint density at radius 3 is 2.79 bits per heavy atom.